The number of aromatic nitrogens is 2. The first-order chi connectivity index (χ1) is 8.83. The lowest BCUT2D eigenvalue weighted by atomic mass is 10.4. The molecule has 0 atom stereocenters. The van der Waals surface area contributed by atoms with Gasteiger partial charge in [0.2, 0.25) is 0 Å². The first kappa shape index (κ1) is 13.5. The third kappa shape index (κ3) is 3.52. The van der Waals surface area contributed by atoms with E-state index in [4.69, 9.17) is 9.47 Å². The Labute approximate surface area is 111 Å². The summed E-state index contributed by atoms with van der Waals surface area (Å²) >= 11 is 1.64. The second kappa shape index (κ2) is 6.84. The minimum atomic E-state index is -0.172. The van der Waals surface area contributed by atoms with Gasteiger partial charge in [0.1, 0.15) is 5.65 Å². The summed E-state index contributed by atoms with van der Waals surface area (Å²) in [6.07, 6.45) is -0.172. The SMILES string of the molecule is CCOC(CNCc1cc2scnc2[nH]1)OCC. The monoisotopic (exact) mass is 269 g/mol. The van der Waals surface area contributed by atoms with Crippen LogP contribution in [0.15, 0.2) is 11.6 Å². The summed E-state index contributed by atoms with van der Waals surface area (Å²) in [5, 5.41) is 3.32. The van der Waals surface area contributed by atoms with Crippen molar-refractivity contribution in [3.05, 3.63) is 17.3 Å². The van der Waals surface area contributed by atoms with Crippen LogP contribution in [0.3, 0.4) is 0 Å². The first-order valence-corrected chi connectivity index (χ1v) is 7.06. The summed E-state index contributed by atoms with van der Waals surface area (Å²) in [5.74, 6) is 0. The molecule has 0 saturated carbocycles. The maximum absolute atomic E-state index is 5.46. The molecule has 2 aromatic rings. The van der Waals surface area contributed by atoms with Crippen LogP contribution >= 0.6 is 11.3 Å². The van der Waals surface area contributed by atoms with E-state index in [-0.39, 0.29) is 6.29 Å². The van der Waals surface area contributed by atoms with Gasteiger partial charge in [-0.05, 0) is 19.9 Å². The summed E-state index contributed by atoms with van der Waals surface area (Å²) in [6.45, 7) is 6.71. The predicted octanol–water partition coefficient (Wildman–Crippen LogP) is 2.11. The number of hydrogen-bond donors (Lipinski definition) is 2. The van der Waals surface area contributed by atoms with E-state index >= 15 is 0 Å². The lowest BCUT2D eigenvalue weighted by Crippen LogP contribution is -2.31. The highest BCUT2D eigenvalue weighted by atomic mass is 32.1. The lowest BCUT2D eigenvalue weighted by molar-refractivity contribution is -0.133. The number of hydrogen-bond acceptors (Lipinski definition) is 5. The summed E-state index contributed by atoms with van der Waals surface area (Å²) < 4.78 is 12.1. The topological polar surface area (TPSA) is 59.2 Å². The zero-order valence-electron chi connectivity index (χ0n) is 10.7. The van der Waals surface area contributed by atoms with Crippen molar-refractivity contribution < 1.29 is 9.47 Å². The Bertz CT molecular complexity index is 434. The molecule has 0 aromatic carbocycles. The molecule has 0 aliphatic rings. The molecule has 0 aliphatic heterocycles. The zero-order valence-corrected chi connectivity index (χ0v) is 11.5. The van der Waals surface area contributed by atoms with Crippen LogP contribution in [-0.4, -0.2) is 36.0 Å². The van der Waals surface area contributed by atoms with Crippen molar-refractivity contribution in [1.82, 2.24) is 15.3 Å². The second-order valence-electron chi connectivity index (χ2n) is 3.83. The number of nitrogens with one attached hydrogen (secondary N) is 2. The Balaban J connectivity index is 1.78. The summed E-state index contributed by atoms with van der Waals surface area (Å²) in [4.78, 5) is 7.50. The van der Waals surface area contributed by atoms with Gasteiger partial charge >= 0.3 is 0 Å². The van der Waals surface area contributed by atoms with E-state index in [1.807, 2.05) is 19.4 Å². The predicted molar refractivity (Wildman–Crippen MR) is 72.7 cm³/mol. The van der Waals surface area contributed by atoms with Crippen LogP contribution in [0.2, 0.25) is 0 Å². The average molecular weight is 269 g/mol. The quantitative estimate of drug-likeness (QED) is 0.721. The molecule has 2 heterocycles. The van der Waals surface area contributed by atoms with Gasteiger partial charge < -0.3 is 19.8 Å². The second-order valence-corrected chi connectivity index (χ2v) is 4.72. The molecule has 0 fully saturated rings. The number of nitrogens with zero attached hydrogens (tertiary/aromatic N) is 1. The lowest BCUT2D eigenvalue weighted by Gasteiger charge is -2.17. The van der Waals surface area contributed by atoms with Gasteiger partial charge in [-0.3, -0.25) is 0 Å². The van der Waals surface area contributed by atoms with Gasteiger partial charge in [-0.2, -0.15) is 0 Å². The Morgan fingerprint density at radius 1 is 1.39 bits per heavy atom. The Hall–Kier alpha value is -0.950. The van der Waals surface area contributed by atoms with Crippen molar-refractivity contribution in [2.75, 3.05) is 19.8 Å². The number of ether oxygens (including phenoxy) is 2. The minimum Gasteiger partial charge on any atom is -0.352 e. The van der Waals surface area contributed by atoms with E-state index < -0.39 is 0 Å². The van der Waals surface area contributed by atoms with Gasteiger partial charge in [-0.15, -0.1) is 11.3 Å². The third-order valence-corrected chi connectivity index (χ3v) is 3.29. The van der Waals surface area contributed by atoms with Crippen molar-refractivity contribution in [2.45, 2.75) is 26.7 Å². The molecule has 5 nitrogen and oxygen atoms in total. The maximum atomic E-state index is 5.46. The van der Waals surface area contributed by atoms with Crippen LogP contribution in [0.25, 0.3) is 10.3 Å². The average Bonchev–Trinajstić information content (AvgIpc) is 2.90. The molecule has 2 rings (SSSR count). The normalized spacial score (nSPS) is 11.7. The molecular formula is C12H19N3O2S. The Morgan fingerprint density at radius 2 is 2.17 bits per heavy atom. The largest absolute Gasteiger partial charge is 0.352 e. The summed E-state index contributed by atoms with van der Waals surface area (Å²) in [6, 6.07) is 2.12. The number of H-pyrrole nitrogens is 1. The summed E-state index contributed by atoms with van der Waals surface area (Å²) in [7, 11) is 0. The van der Waals surface area contributed by atoms with E-state index in [0.717, 1.165) is 17.9 Å². The standard InChI is InChI=1S/C12H19N3O2S/c1-3-16-11(17-4-2)7-13-6-9-5-10-12(15-9)14-8-18-10/h5,8,11,13,15H,3-4,6-7H2,1-2H3. The van der Waals surface area contributed by atoms with E-state index in [0.29, 0.717) is 19.8 Å². The minimum absolute atomic E-state index is 0.172. The highest BCUT2D eigenvalue weighted by molar-refractivity contribution is 7.16. The molecule has 2 N–H and O–H groups in total. The zero-order chi connectivity index (χ0) is 12.8. The van der Waals surface area contributed by atoms with Crippen LogP contribution in [-0.2, 0) is 16.0 Å². The van der Waals surface area contributed by atoms with Crippen molar-refractivity contribution in [2.24, 2.45) is 0 Å². The molecule has 0 spiro atoms. The molecule has 100 valence electrons. The molecule has 18 heavy (non-hydrogen) atoms. The molecular weight excluding hydrogens is 250 g/mol. The molecule has 0 saturated heterocycles. The number of thiazole rings is 1. The van der Waals surface area contributed by atoms with Crippen LogP contribution in [0.4, 0.5) is 0 Å². The number of rotatable bonds is 8. The van der Waals surface area contributed by atoms with Crippen molar-refractivity contribution in [1.29, 1.82) is 0 Å². The molecule has 0 amide bonds. The fraction of sp³-hybridized carbons (Fsp3) is 0.583. The molecule has 0 unspecified atom stereocenters. The smallest absolute Gasteiger partial charge is 0.169 e. The molecule has 0 radical (unpaired) electrons. The van der Waals surface area contributed by atoms with Crippen LogP contribution in [0.5, 0.6) is 0 Å². The van der Waals surface area contributed by atoms with E-state index in [2.05, 4.69) is 21.4 Å². The fourth-order valence-electron chi connectivity index (χ4n) is 1.76. The van der Waals surface area contributed by atoms with Crippen LogP contribution < -0.4 is 5.32 Å². The van der Waals surface area contributed by atoms with E-state index in [9.17, 15) is 0 Å². The Morgan fingerprint density at radius 3 is 2.83 bits per heavy atom. The highest BCUT2D eigenvalue weighted by Crippen LogP contribution is 2.18. The van der Waals surface area contributed by atoms with Gasteiger partial charge in [-0.25, -0.2) is 4.98 Å². The van der Waals surface area contributed by atoms with Gasteiger partial charge in [0.15, 0.2) is 6.29 Å². The highest BCUT2D eigenvalue weighted by Gasteiger charge is 2.08. The van der Waals surface area contributed by atoms with Crippen molar-refractivity contribution in [3.8, 4) is 0 Å². The fourth-order valence-corrected chi connectivity index (χ4v) is 2.45. The van der Waals surface area contributed by atoms with E-state index in [1.54, 1.807) is 11.3 Å². The maximum Gasteiger partial charge on any atom is 0.169 e. The van der Waals surface area contributed by atoms with E-state index in [1.165, 1.54) is 4.70 Å². The van der Waals surface area contributed by atoms with Gasteiger partial charge in [0.05, 0.1) is 10.2 Å². The first-order valence-electron chi connectivity index (χ1n) is 6.18. The molecule has 0 bridgehead atoms. The number of fused-ring (bicyclic) bond motifs is 1. The van der Waals surface area contributed by atoms with Gasteiger partial charge in [0, 0.05) is 32.0 Å². The third-order valence-electron chi connectivity index (χ3n) is 2.51. The van der Waals surface area contributed by atoms with Crippen molar-refractivity contribution >= 4 is 21.7 Å². The number of aromatic amines is 1. The van der Waals surface area contributed by atoms with Crippen molar-refractivity contribution in [3.63, 3.8) is 0 Å². The molecule has 2 aromatic heterocycles. The van der Waals surface area contributed by atoms with Crippen LogP contribution in [0.1, 0.15) is 19.5 Å². The van der Waals surface area contributed by atoms with Gasteiger partial charge in [-0.1, -0.05) is 0 Å². The van der Waals surface area contributed by atoms with Gasteiger partial charge in [0.25, 0.3) is 0 Å². The molecule has 6 heteroatoms. The Kier molecular flexibility index (Phi) is 5.12. The van der Waals surface area contributed by atoms with Crippen LogP contribution in [0, 0.1) is 0 Å². The summed E-state index contributed by atoms with van der Waals surface area (Å²) in [5.41, 5.74) is 3.94. The molecule has 0 aliphatic carbocycles.